The lowest BCUT2D eigenvalue weighted by atomic mass is 10.1. The second kappa shape index (κ2) is 9.26. The Morgan fingerprint density at radius 3 is 2.31 bits per heavy atom. The van der Waals surface area contributed by atoms with Crippen LogP contribution in [-0.2, 0) is 9.90 Å². The van der Waals surface area contributed by atoms with E-state index >= 15 is 0 Å². The van der Waals surface area contributed by atoms with Gasteiger partial charge in [-0.1, -0.05) is 25.3 Å². The fraction of sp³-hybridized carbons (Fsp3) is 0.700. The van der Waals surface area contributed by atoms with Crippen LogP contribution in [0.1, 0.15) is 38.5 Å². The summed E-state index contributed by atoms with van der Waals surface area (Å²) in [6.07, 6.45) is 8.64. The molecule has 13 heavy (non-hydrogen) atoms. The Morgan fingerprint density at radius 2 is 1.69 bits per heavy atom. The number of carbonyl (C=O) groups is 1. The number of hydrogen-bond donors (Lipinski definition) is 1. The van der Waals surface area contributed by atoms with E-state index in [0.717, 1.165) is 44.6 Å². The molecule has 3 heteroatoms. The Kier molecular flexibility index (Phi) is 8.67. The summed E-state index contributed by atoms with van der Waals surface area (Å²) in [4.78, 5) is 9.95. The summed E-state index contributed by atoms with van der Waals surface area (Å²) in [7, 11) is 0. The molecule has 0 fully saturated rings. The molecule has 0 spiro atoms. The van der Waals surface area contributed by atoms with Gasteiger partial charge in [-0.2, -0.15) is 0 Å². The third-order valence-electron chi connectivity index (χ3n) is 1.78. The molecule has 0 aliphatic rings. The lowest BCUT2D eigenvalue weighted by Crippen LogP contribution is -1.84. The number of aliphatic hydroxyl groups is 1. The highest BCUT2D eigenvalue weighted by Crippen LogP contribution is 2.05. The van der Waals surface area contributed by atoms with Gasteiger partial charge in [0.2, 0.25) is 0 Å². The maximum absolute atomic E-state index is 9.95. The smallest absolute Gasteiger partial charge is 0.378 e. The van der Waals surface area contributed by atoms with E-state index < -0.39 is 5.97 Å². The Balaban J connectivity index is 3.03. The molecule has 0 saturated heterocycles. The summed E-state index contributed by atoms with van der Waals surface area (Å²) < 4.78 is 0. The molecule has 0 aromatic carbocycles. The Morgan fingerprint density at radius 1 is 1.08 bits per heavy atom. The van der Waals surface area contributed by atoms with Gasteiger partial charge < -0.3 is 5.11 Å². The normalized spacial score (nSPS) is 10.8. The number of unbranched alkanes of at least 4 members (excludes halogenated alkanes) is 5. The summed E-state index contributed by atoms with van der Waals surface area (Å²) in [5.41, 5.74) is 0. The number of allylic oxidation sites excluding steroid dienone is 1. The van der Waals surface area contributed by atoms with E-state index in [1.165, 1.54) is 0 Å². The Hall–Kier alpha value is -0.830. The molecule has 3 nitrogen and oxygen atoms in total. The van der Waals surface area contributed by atoms with Crippen molar-refractivity contribution in [3.8, 4) is 0 Å². The molecule has 0 bridgehead atoms. The third-order valence-corrected chi connectivity index (χ3v) is 1.78. The number of hydrogen-bond acceptors (Lipinski definition) is 2. The monoisotopic (exact) mass is 185 g/mol. The summed E-state index contributed by atoms with van der Waals surface area (Å²) in [5, 5.41) is 18.4. The van der Waals surface area contributed by atoms with Crippen LogP contribution in [0.4, 0.5) is 0 Å². The van der Waals surface area contributed by atoms with Crippen LogP contribution in [0.25, 0.3) is 0 Å². The molecule has 0 amide bonds. The SMILES string of the molecule is [O]C(=O)C=CCCCCCCCO. The fourth-order valence-corrected chi connectivity index (χ4v) is 1.08. The van der Waals surface area contributed by atoms with Gasteiger partial charge in [-0.05, 0) is 19.3 Å². The zero-order valence-electron chi connectivity index (χ0n) is 7.87. The molecule has 1 N–H and O–H groups in total. The molecule has 0 atom stereocenters. The van der Waals surface area contributed by atoms with Crippen LogP contribution < -0.4 is 0 Å². The number of carbonyl (C=O) groups excluding carboxylic acids is 1. The first-order chi connectivity index (χ1) is 6.27. The van der Waals surface area contributed by atoms with Gasteiger partial charge >= 0.3 is 5.97 Å². The van der Waals surface area contributed by atoms with Gasteiger partial charge in [0.05, 0.1) is 0 Å². The van der Waals surface area contributed by atoms with E-state index in [9.17, 15) is 9.90 Å². The molecule has 0 aromatic heterocycles. The molecule has 0 aliphatic carbocycles. The van der Waals surface area contributed by atoms with Crippen molar-refractivity contribution in [2.75, 3.05) is 6.61 Å². The second-order valence-electron chi connectivity index (χ2n) is 3.00. The van der Waals surface area contributed by atoms with Crippen LogP contribution in [0.3, 0.4) is 0 Å². The van der Waals surface area contributed by atoms with Crippen molar-refractivity contribution in [1.29, 1.82) is 0 Å². The van der Waals surface area contributed by atoms with Gasteiger partial charge in [0.15, 0.2) is 0 Å². The van der Waals surface area contributed by atoms with Crippen molar-refractivity contribution >= 4 is 5.97 Å². The second-order valence-corrected chi connectivity index (χ2v) is 3.00. The third kappa shape index (κ3) is 11.2. The zero-order chi connectivity index (χ0) is 9.94. The van der Waals surface area contributed by atoms with Gasteiger partial charge in [-0.25, -0.2) is 9.90 Å². The van der Waals surface area contributed by atoms with Crippen molar-refractivity contribution in [2.45, 2.75) is 38.5 Å². The van der Waals surface area contributed by atoms with Crippen molar-refractivity contribution < 1.29 is 15.0 Å². The average Bonchev–Trinajstić information content (AvgIpc) is 2.09. The van der Waals surface area contributed by atoms with Crippen LogP contribution in [0.15, 0.2) is 12.2 Å². The highest BCUT2D eigenvalue weighted by molar-refractivity contribution is 5.79. The standard InChI is InChI=1S/C10H17O3/c11-9-7-5-3-1-2-4-6-8-10(12)13/h6,8,11H,1-5,7,9H2. The van der Waals surface area contributed by atoms with Crippen molar-refractivity contribution in [3.05, 3.63) is 12.2 Å². The van der Waals surface area contributed by atoms with Crippen LogP contribution in [0.5, 0.6) is 0 Å². The quantitative estimate of drug-likeness (QED) is 0.463. The van der Waals surface area contributed by atoms with Gasteiger partial charge in [0.1, 0.15) is 0 Å². The van der Waals surface area contributed by atoms with E-state index in [4.69, 9.17) is 5.11 Å². The lowest BCUT2D eigenvalue weighted by Gasteiger charge is -1.96. The van der Waals surface area contributed by atoms with Crippen molar-refractivity contribution in [3.63, 3.8) is 0 Å². The Bertz CT molecular complexity index is 152. The molecular formula is C10H17O3. The van der Waals surface area contributed by atoms with Crippen LogP contribution in [-0.4, -0.2) is 17.7 Å². The van der Waals surface area contributed by atoms with E-state index in [1.54, 1.807) is 6.08 Å². The van der Waals surface area contributed by atoms with Crippen molar-refractivity contribution in [2.24, 2.45) is 0 Å². The predicted molar refractivity (Wildman–Crippen MR) is 49.6 cm³/mol. The van der Waals surface area contributed by atoms with E-state index in [2.05, 4.69) is 0 Å². The molecule has 75 valence electrons. The number of rotatable bonds is 8. The van der Waals surface area contributed by atoms with Gasteiger partial charge in [-0.15, -0.1) is 0 Å². The summed E-state index contributed by atoms with van der Waals surface area (Å²) in [6.45, 7) is 0.268. The van der Waals surface area contributed by atoms with Gasteiger partial charge in [0, 0.05) is 12.7 Å². The molecule has 0 rings (SSSR count). The first-order valence-corrected chi connectivity index (χ1v) is 4.75. The summed E-state index contributed by atoms with van der Waals surface area (Å²) in [5.74, 6) is -1.12. The minimum absolute atomic E-state index is 0.268. The first-order valence-electron chi connectivity index (χ1n) is 4.75. The minimum Gasteiger partial charge on any atom is -0.396 e. The zero-order valence-corrected chi connectivity index (χ0v) is 7.87. The van der Waals surface area contributed by atoms with Crippen molar-refractivity contribution in [1.82, 2.24) is 0 Å². The summed E-state index contributed by atoms with van der Waals surface area (Å²) in [6, 6.07) is 0. The van der Waals surface area contributed by atoms with Gasteiger partial charge in [-0.3, -0.25) is 0 Å². The highest BCUT2D eigenvalue weighted by Gasteiger charge is 1.90. The van der Waals surface area contributed by atoms with Crippen LogP contribution in [0.2, 0.25) is 0 Å². The van der Waals surface area contributed by atoms with E-state index in [1.807, 2.05) is 0 Å². The topological polar surface area (TPSA) is 57.2 Å². The highest BCUT2D eigenvalue weighted by atomic mass is 16.4. The Labute approximate surface area is 79.1 Å². The molecule has 0 aromatic rings. The molecule has 1 radical (unpaired) electrons. The average molecular weight is 185 g/mol. The van der Waals surface area contributed by atoms with E-state index in [-0.39, 0.29) is 6.61 Å². The predicted octanol–water partition coefficient (Wildman–Crippen LogP) is 1.83. The maximum atomic E-state index is 9.95. The largest absolute Gasteiger partial charge is 0.396 e. The summed E-state index contributed by atoms with van der Waals surface area (Å²) >= 11 is 0. The number of aliphatic hydroxyl groups excluding tert-OH is 1. The molecular weight excluding hydrogens is 168 g/mol. The molecule has 0 saturated carbocycles. The fourth-order valence-electron chi connectivity index (χ4n) is 1.08. The molecule has 0 heterocycles. The first kappa shape index (κ1) is 12.2. The van der Waals surface area contributed by atoms with Crippen LogP contribution in [0, 0.1) is 0 Å². The lowest BCUT2D eigenvalue weighted by molar-refractivity contribution is -0.137. The minimum atomic E-state index is -1.12. The maximum Gasteiger partial charge on any atom is 0.378 e. The molecule has 0 aliphatic heterocycles. The van der Waals surface area contributed by atoms with Gasteiger partial charge in [0.25, 0.3) is 0 Å². The molecule has 0 unspecified atom stereocenters. The van der Waals surface area contributed by atoms with E-state index in [0.29, 0.717) is 0 Å². The van der Waals surface area contributed by atoms with Crippen LogP contribution >= 0.6 is 0 Å².